The minimum atomic E-state index is -0.376. The van der Waals surface area contributed by atoms with Crippen LogP contribution in [0, 0.1) is 0 Å². The molecular formula is C63H47N. The lowest BCUT2D eigenvalue weighted by Crippen LogP contribution is -2.23. The third-order valence-electron chi connectivity index (χ3n) is 14.4. The van der Waals surface area contributed by atoms with Gasteiger partial charge in [0.25, 0.3) is 0 Å². The number of rotatable bonds is 7. The Bertz CT molecular complexity index is 3410. The summed E-state index contributed by atoms with van der Waals surface area (Å²) in [5, 5.41) is 2.52. The van der Waals surface area contributed by atoms with E-state index in [1.54, 1.807) is 0 Å². The summed E-state index contributed by atoms with van der Waals surface area (Å²) in [6, 6.07) is 85.5. The smallest absolute Gasteiger partial charge is 0.0465 e. The molecule has 0 aromatic heterocycles. The van der Waals surface area contributed by atoms with Gasteiger partial charge < -0.3 is 4.90 Å². The van der Waals surface area contributed by atoms with Gasteiger partial charge in [-0.1, -0.05) is 202 Å². The molecule has 1 unspecified atom stereocenters. The Morgan fingerprint density at radius 2 is 0.859 bits per heavy atom. The van der Waals surface area contributed by atoms with Crippen LogP contribution >= 0.6 is 0 Å². The summed E-state index contributed by atoms with van der Waals surface area (Å²) in [7, 11) is 0. The first-order valence-electron chi connectivity index (χ1n) is 22.5. The average molecular weight is 818 g/mol. The van der Waals surface area contributed by atoms with Gasteiger partial charge in [-0.2, -0.15) is 0 Å². The number of hydrogen-bond acceptors (Lipinski definition) is 1. The summed E-state index contributed by atoms with van der Waals surface area (Å²) in [6.07, 6.45) is 0. The van der Waals surface area contributed by atoms with E-state index in [9.17, 15) is 0 Å². The van der Waals surface area contributed by atoms with Crippen LogP contribution < -0.4 is 4.90 Å². The Labute approximate surface area is 376 Å². The van der Waals surface area contributed by atoms with E-state index >= 15 is 0 Å². The summed E-state index contributed by atoms with van der Waals surface area (Å²) < 4.78 is 0. The molecule has 2 aliphatic carbocycles. The van der Waals surface area contributed by atoms with E-state index in [1.807, 2.05) is 0 Å². The standard InChI is InChI=1S/C63H47N/c1-62(2)57-29-13-12-26-54(57)55-37-35-49(40-59(55)62)64(48-33-31-42(32-34-48)45-21-14-22-46(39-45)52-27-15-20-43-19-10-11-25-51(43)52)50-36-38-56-60(41-50)63(3,47-23-8-5-9-24-47)58-30-16-28-53(61(56)58)44-17-6-4-7-18-44/h4-41H,1-3H3. The fourth-order valence-electron chi connectivity index (χ4n) is 11.1. The molecule has 2 aliphatic rings. The molecule has 0 bridgehead atoms. The van der Waals surface area contributed by atoms with Crippen LogP contribution in [0.3, 0.4) is 0 Å². The van der Waals surface area contributed by atoms with Crippen LogP contribution in [-0.4, -0.2) is 0 Å². The van der Waals surface area contributed by atoms with Crippen molar-refractivity contribution in [2.75, 3.05) is 4.90 Å². The zero-order chi connectivity index (χ0) is 43.0. The largest absolute Gasteiger partial charge is 0.310 e. The zero-order valence-electron chi connectivity index (χ0n) is 36.4. The van der Waals surface area contributed by atoms with Crippen molar-refractivity contribution < 1.29 is 0 Å². The monoisotopic (exact) mass is 817 g/mol. The van der Waals surface area contributed by atoms with Crippen LogP contribution in [0.4, 0.5) is 17.1 Å². The lowest BCUT2D eigenvalue weighted by atomic mass is 9.74. The molecule has 10 aromatic carbocycles. The molecule has 304 valence electrons. The van der Waals surface area contributed by atoms with E-state index in [0.29, 0.717) is 0 Å². The highest BCUT2D eigenvalue weighted by Gasteiger charge is 2.42. The second-order valence-corrected chi connectivity index (χ2v) is 18.2. The highest BCUT2D eigenvalue weighted by Crippen LogP contribution is 2.57. The molecule has 64 heavy (non-hydrogen) atoms. The van der Waals surface area contributed by atoms with Crippen molar-refractivity contribution >= 4 is 27.8 Å². The van der Waals surface area contributed by atoms with Gasteiger partial charge in [-0.25, -0.2) is 0 Å². The summed E-state index contributed by atoms with van der Waals surface area (Å²) in [5.74, 6) is 0. The van der Waals surface area contributed by atoms with Gasteiger partial charge in [-0.05, 0) is 144 Å². The van der Waals surface area contributed by atoms with Gasteiger partial charge in [0, 0.05) is 27.9 Å². The molecule has 0 saturated heterocycles. The molecule has 0 fully saturated rings. The van der Waals surface area contributed by atoms with Crippen molar-refractivity contribution in [1.82, 2.24) is 0 Å². The molecule has 0 N–H and O–H groups in total. The second kappa shape index (κ2) is 14.7. The fourth-order valence-corrected chi connectivity index (χ4v) is 11.1. The summed E-state index contributed by atoms with van der Waals surface area (Å²) in [5.41, 5.74) is 22.2. The molecular weight excluding hydrogens is 771 g/mol. The quantitative estimate of drug-likeness (QED) is 0.155. The first-order chi connectivity index (χ1) is 31.4. The molecule has 0 saturated carbocycles. The Morgan fingerprint density at radius 1 is 0.312 bits per heavy atom. The van der Waals surface area contributed by atoms with Gasteiger partial charge >= 0.3 is 0 Å². The van der Waals surface area contributed by atoms with Gasteiger partial charge in [-0.15, -0.1) is 0 Å². The van der Waals surface area contributed by atoms with Crippen LogP contribution in [0.2, 0.25) is 0 Å². The van der Waals surface area contributed by atoms with Gasteiger partial charge in [0.05, 0.1) is 0 Å². The van der Waals surface area contributed by atoms with E-state index in [-0.39, 0.29) is 10.8 Å². The van der Waals surface area contributed by atoms with E-state index in [1.165, 1.54) is 94.2 Å². The predicted molar refractivity (Wildman–Crippen MR) is 270 cm³/mol. The first-order valence-corrected chi connectivity index (χ1v) is 22.5. The van der Waals surface area contributed by atoms with E-state index in [2.05, 4.69) is 256 Å². The summed E-state index contributed by atoms with van der Waals surface area (Å²) in [4.78, 5) is 2.47. The molecule has 1 atom stereocenters. The van der Waals surface area contributed by atoms with E-state index in [4.69, 9.17) is 0 Å². The predicted octanol–water partition coefficient (Wildman–Crippen LogP) is 17.0. The SMILES string of the molecule is CC1(C)c2ccccc2-c2ccc(N(c3ccc(-c4cccc(-c5cccc6ccccc56)c4)cc3)c3ccc4c(c3)C(C)(c3ccccc3)c3cccc(-c5ccccc5)c3-4)cc21. The molecule has 0 radical (unpaired) electrons. The third-order valence-corrected chi connectivity index (χ3v) is 14.4. The van der Waals surface area contributed by atoms with Crippen LogP contribution in [0.1, 0.15) is 48.6 Å². The van der Waals surface area contributed by atoms with Crippen molar-refractivity contribution in [2.24, 2.45) is 0 Å². The van der Waals surface area contributed by atoms with Gasteiger partial charge in [0.1, 0.15) is 0 Å². The molecule has 0 heterocycles. The Kier molecular flexibility index (Phi) is 8.71. The highest BCUT2D eigenvalue weighted by molar-refractivity contribution is 5.98. The van der Waals surface area contributed by atoms with Crippen molar-refractivity contribution in [2.45, 2.75) is 31.6 Å². The van der Waals surface area contributed by atoms with Gasteiger partial charge in [0.2, 0.25) is 0 Å². The zero-order valence-corrected chi connectivity index (χ0v) is 36.4. The fraction of sp³-hybridized carbons (Fsp3) is 0.0794. The minimum Gasteiger partial charge on any atom is -0.310 e. The van der Waals surface area contributed by atoms with Crippen molar-refractivity contribution in [3.8, 4) is 55.6 Å². The lowest BCUT2D eigenvalue weighted by Gasteiger charge is -2.31. The average Bonchev–Trinajstić information content (AvgIpc) is 3.75. The molecule has 0 amide bonds. The Balaban J connectivity index is 1.02. The maximum Gasteiger partial charge on any atom is 0.0465 e. The Hall–Kier alpha value is -7.74. The van der Waals surface area contributed by atoms with Crippen LogP contribution in [0.15, 0.2) is 231 Å². The summed E-state index contributed by atoms with van der Waals surface area (Å²) in [6.45, 7) is 7.16. The molecule has 0 aliphatic heterocycles. The topological polar surface area (TPSA) is 3.24 Å². The minimum absolute atomic E-state index is 0.133. The van der Waals surface area contributed by atoms with E-state index < -0.39 is 0 Å². The lowest BCUT2D eigenvalue weighted by molar-refractivity contribution is 0.660. The number of anilines is 3. The Morgan fingerprint density at radius 3 is 1.67 bits per heavy atom. The number of fused-ring (bicyclic) bond motifs is 7. The molecule has 0 spiro atoms. The highest BCUT2D eigenvalue weighted by atomic mass is 15.1. The molecule has 1 heteroatoms. The summed E-state index contributed by atoms with van der Waals surface area (Å²) >= 11 is 0. The van der Waals surface area contributed by atoms with Gasteiger partial charge in [-0.3, -0.25) is 0 Å². The van der Waals surface area contributed by atoms with Crippen LogP contribution in [-0.2, 0) is 10.8 Å². The van der Waals surface area contributed by atoms with E-state index in [0.717, 1.165) is 17.1 Å². The van der Waals surface area contributed by atoms with Crippen molar-refractivity contribution in [3.63, 3.8) is 0 Å². The molecule has 1 nitrogen and oxygen atoms in total. The first kappa shape index (κ1) is 38.0. The second-order valence-electron chi connectivity index (χ2n) is 18.2. The number of nitrogens with zero attached hydrogens (tertiary/aromatic N) is 1. The van der Waals surface area contributed by atoms with Crippen LogP contribution in [0.25, 0.3) is 66.4 Å². The van der Waals surface area contributed by atoms with Crippen molar-refractivity contribution in [1.29, 1.82) is 0 Å². The van der Waals surface area contributed by atoms with Crippen molar-refractivity contribution in [3.05, 3.63) is 258 Å². The number of benzene rings is 10. The van der Waals surface area contributed by atoms with Crippen LogP contribution in [0.5, 0.6) is 0 Å². The normalized spacial score (nSPS) is 15.3. The number of hydrogen-bond donors (Lipinski definition) is 0. The third kappa shape index (κ3) is 5.85. The van der Waals surface area contributed by atoms with Gasteiger partial charge in [0.15, 0.2) is 0 Å². The maximum atomic E-state index is 2.48. The molecule has 10 aromatic rings. The molecule has 12 rings (SSSR count). The maximum absolute atomic E-state index is 2.48.